The Labute approximate surface area is 114 Å². The number of benzene rings is 1. The number of rotatable bonds is 7. The summed E-state index contributed by atoms with van der Waals surface area (Å²) in [6.45, 7) is 6.31. The summed E-state index contributed by atoms with van der Waals surface area (Å²) < 4.78 is 5.54. The highest BCUT2D eigenvalue weighted by atomic mass is 16.5. The van der Waals surface area contributed by atoms with Gasteiger partial charge in [0.25, 0.3) is 5.91 Å². The molecule has 1 unspecified atom stereocenters. The van der Waals surface area contributed by atoms with E-state index in [2.05, 4.69) is 5.32 Å². The largest absolute Gasteiger partial charge is 0.483 e. The Kier molecular flexibility index (Phi) is 6.36. The van der Waals surface area contributed by atoms with Crippen LogP contribution in [0.3, 0.4) is 0 Å². The highest BCUT2D eigenvalue weighted by molar-refractivity contribution is 5.77. The van der Waals surface area contributed by atoms with Crippen molar-refractivity contribution in [3.63, 3.8) is 0 Å². The summed E-state index contributed by atoms with van der Waals surface area (Å²) in [5.74, 6) is 0.609. The van der Waals surface area contributed by atoms with Crippen LogP contribution in [0.25, 0.3) is 0 Å². The van der Waals surface area contributed by atoms with E-state index in [0.29, 0.717) is 19.4 Å². The third-order valence-corrected chi connectivity index (χ3v) is 3.03. The molecule has 19 heavy (non-hydrogen) atoms. The molecular weight excluding hydrogens is 242 g/mol. The monoisotopic (exact) mass is 265 g/mol. The van der Waals surface area contributed by atoms with Gasteiger partial charge in [-0.05, 0) is 37.8 Å². The number of aliphatic hydroxyl groups excluding tert-OH is 1. The number of aryl methyl sites for hydroxylation is 2. The van der Waals surface area contributed by atoms with Gasteiger partial charge in [-0.3, -0.25) is 4.79 Å². The molecular formula is C15H23NO3. The highest BCUT2D eigenvalue weighted by Gasteiger charge is 2.07. The Hall–Kier alpha value is -1.55. The van der Waals surface area contributed by atoms with Crippen molar-refractivity contribution in [2.75, 3.05) is 13.2 Å². The molecule has 0 saturated carbocycles. The van der Waals surface area contributed by atoms with Gasteiger partial charge in [-0.25, -0.2) is 0 Å². The maximum Gasteiger partial charge on any atom is 0.257 e. The predicted octanol–water partition coefficient (Wildman–Crippen LogP) is 1.96. The second-order valence-electron chi connectivity index (χ2n) is 4.71. The van der Waals surface area contributed by atoms with Crippen molar-refractivity contribution in [2.24, 2.45) is 0 Å². The lowest BCUT2D eigenvalue weighted by molar-refractivity contribution is -0.123. The lowest BCUT2D eigenvalue weighted by Crippen LogP contribution is -2.31. The zero-order valence-electron chi connectivity index (χ0n) is 11.9. The van der Waals surface area contributed by atoms with Gasteiger partial charge in [-0.2, -0.15) is 0 Å². The van der Waals surface area contributed by atoms with E-state index >= 15 is 0 Å². The fourth-order valence-corrected chi connectivity index (χ4v) is 1.80. The molecule has 106 valence electrons. The van der Waals surface area contributed by atoms with Crippen molar-refractivity contribution in [2.45, 2.75) is 39.7 Å². The van der Waals surface area contributed by atoms with Crippen molar-refractivity contribution in [1.82, 2.24) is 5.32 Å². The van der Waals surface area contributed by atoms with E-state index in [1.165, 1.54) is 0 Å². The molecule has 0 fully saturated rings. The van der Waals surface area contributed by atoms with Gasteiger partial charge in [0.05, 0.1) is 6.10 Å². The standard InChI is InChI=1S/C15H23NO3/c1-4-13(17)8-9-16-14(18)10-19-15-11(2)6-5-7-12(15)3/h5-7,13,17H,4,8-10H2,1-3H3,(H,16,18). The summed E-state index contributed by atoms with van der Waals surface area (Å²) in [5, 5.41) is 12.1. The van der Waals surface area contributed by atoms with Gasteiger partial charge in [0.2, 0.25) is 0 Å². The van der Waals surface area contributed by atoms with Crippen molar-refractivity contribution >= 4 is 5.91 Å². The zero-order valence-corrected chi connectivity index (χ0v) is 11.9. The number of ether oxygens (including phenoxy) is 1. The molecule has 4 heteroatoms. The van der Waals surface area contributed by atoms with Crippen LogP contribution in [0, 0.1) is 13.8 Å². The van der Waals surface area contributed by atoms with Gasteiger partial charge in [0.15, 0.2) is 6.61 Å². The SMILES string of the molecule is CCC(O)CCNC(=O)COc1c(C)cccc1C. The molecule has 0 radical (unpaired) electrons. The first-order chi connectivity index (χ1) is 9.04. The first kappa shape index (κ1) is 15.5. The summed E-state index contributed by atoms with van der Waals surface area (Å²) in [7, 11) is 0. The summed E-state index contributed by atoms with van der Waals surface area (Å²) in [6.07, 6.45) is 0.931. The van der Waals surface area contributed by atoms with Gasteiger partial charge in [0, 0.05) is 6.54 Å². The number of nitrogens with one attached hydrogen (secondary N) is 1. The molecule has 2 N–H and O–H groups in total. The van der Waals surface area contributed by atoms with Gasteiger partial charge in [0.1, 0.15) is 5.75 Å². The fraction of sp³-hybridized carbons (Fsp3) is 0.533. The second kappa shape index (κ2) is 7.79. The van der Waals surface area contributed by atoms with E-state index in [4.69, 9.17) is 4.74 Å². The molecule has 1 amide bonds. The van der Waals surface area contributed by atoms with Crippen molar-refractivity contribution in [1.29, 1.82) is 0 Å². The molecule has 0 aliphatic rings. The quantitative estimate of drug-likeness (QED) is 0.792. The normalized spacial score (nSPS) is 12.0. The number of hydrogen-bond acceptors (Lipinski definition) is 3. The molecule has 0 aromatic heterocycles. The summed E-state index contributed by atoms with van der Waals surface area (Å²) in [4.78, 5) is 11.6. The molecule has 0 aliphatic carbocycles. The second-order valence-corrected chi connectivity index (χ2v) is 4.71. The van der Waals surface area contributed by atoms with E-state index in [9.17, 15) is 9.90 Å². The number of amides is 1. The van der Waals surface area contributed by atoms with Crippen molar-refractivity contribution < 1.29 is 14.6 Å². The number of carbonyl (C=O) groups is 1. The van der Waals surface area contributed by atoms with Crippen LogP contribution >= 0.6 is 0 Å². The van der Waals surface area contributed by atoms with Crippen molar-refractivity contribution in [3.05, 3.63) is 29.3 Å². The summed E-state index contributed by atoms with van der Waals surface area (Å²) >= 11 is 0. The van der Waals surface area contributed by atoms with E-state index in [1.54, 1.807) is 0 Å². The van der Waals surface area contributed by atoms with E-state index < -0.39 is 0 Å². The van der Waals surface area contributed by atoms with Crippen LogP contribution < -0.4 is 10.1 Å². The third kappa shape index (κ3) is 5.30. The Morgan fingerprint density at radius 3 is 2.58 bits per heavy atom. The van der Waals surface area contributed by atoms with Crippen LogP contribution in [-0.2, 0) is 4.79 Å². The van der Waals surface area contributed by atoms with E-state index in [1.807, 2.05) is 39.0 Å². The third-order valence-electron chi connectivity index (χ3n) is 3.03. The molecule has 0 heterocycles. The Morgan fingerprint density at radius 1 is 1.37 bits per heavy atom. The van der Waals surface area contributed by atoms with E-state index in [0.717, 1.165) is 16.9 Å². The zero-order chi connectivity index (χ0) is 14.3. The molecule has 1 atom stereocenters. The number of carbonyl (C=O) groups excluding carboxylic acids is 1. The Balaban J connectivity index is 2.34. The highest BCUT2D eigenvalue weighted by Crippen LogP contribution is 2.21. The Bertz CT molecular complexity index is 398. The molecule has 4 nitrogen and oxygen atoms in total. The lowest BCUT2D eigenvalue weighted by Gasteiger charge is -2.12. The van der Waals surface area contributed by atoms with E-state index in [-0.39, 0.29) is 18.6 Å². The van der Waals surface area contributed by atoms with Crippen molar-refractivity contribution in [3.8, 4) is 5.75 Å². The summed E-state index contributed by atoms with van der Waals surface area (Å²) in [5.41, 5.74) is 2.04. The molecule has 0 spiro atoms. The summed E-state index contributed by atoms with van der Waals surface area (Å²) in [6, 6.07) is 5.87. The first-order valence-electron chi connectivity index (χ1n) is 6.68. The molecule has 0 bridgehead atoms. The molecule has 1 aromatic rings. The Morgan fingerprint density at radius 2 is 2.00 bits per heavy atom. The molecule has 1 aromatic carbocycles. The lowest BCUT2D eigenvalue weighted by atomic mass is 10.1. The molecule has 0 saturated heterocycles. The minimum absolute atomic E-state index is 0.00785. The molecule has 1 rings (SSSR count). The van der Waals surface area contributed by atoms with Gasteiger partial charge in [-0.15, -0.1) is 0 Å². The number of para-hydroxylation sites is 1. The maximum atomic E-state index is 11.6. The van der Waals surface area contributed by atoms with Crippen LogP contribution in [-0.4, -0.2) is 30.3 Å². The fourth-order valence-electron chi connectivity index (χ4n) is 1.80. The topological polar surface area (TPSA) is 58.6 Å². The van der Waals surface area contributed by atoms with Gasteiger partial charge >= 0.3 is 0 Å². The van der Waals surface area contributed by atoms with Gasteiger partial charge < -0.3 is 15.2 Å². The average Bonchev–Trinajstić information content (AvgIpc) is 2.38. The van der Waals surface area contributed by atoms with Crippen LogP contribution in [0.4, 0.5) is 0 Å². The maximum absolute atomic E-state index is 11.6. The number of hydrogen-bond donors (Lipinski definition) is 2. The average molecular weight is 265 g/mol. The first-order valence-corrected chi connectivity index (χ1v) is 6.68. The minimum Gasteiger partial charge on any atom is -0.483 e. The van der Waals surface area contributed by atoms with Gasteiger partial charge in [-0.1, -0.05) is 25.1 Å². The van der Waals surface area contributed by atoms with Crippen LogP contribution in [0.15, 0.2) is 18.2 Å². The number of aliphatic hydroxyl groups is 1. The van der Waals surface area contributed by atoms with Crippen LogP contribution in [0.2, 0.25) is 0 Å². The molecule has 0 aliphatic heterocycles. The smallest absolute Gasteiger partial charge is 0.257 e. The predicted molar refractivity (Wildman–Crippen MR) is 75.3 cm³/mol. The minimum atomic E-state index is -0.347. The van der Waals surface area contributed by atoms with Crippen LogP contribution in [0.1, 0.15) is 30.9 Å². The van der Waals surface area contributed by atoms with Crippen LogP contribution in [0.5, 0.6) is 5.75 Å².